The molecule has 0 rings (SSSR count). The molecule has 0 saturated carbocycles. The van der Waals surface area contributed by atoms with Crippen LogP contribution in [-0.4, -0.2) is 37.2 Å². The second kappa shape index (κ2) is 48.3. The highest BCUT2D eigenvalue weighted by Gasteiger charge is 2.19. The van der Waals surface area contributed by atoms with Crippen LogP contribution in [0.4, 0.5) is 0 Å². The number of hydrogen-bond donors (Lipinski definition) is 0. The number of unbranched alkanes of at least 4 members (excludes halogenated alkanes) is 29. The standard InChI is InChI=1S/C53H96O6/c1-4-7-10-13-16-19-22-24-26-27-29-31-34-37-40-43-46-52(55)58-49-50(48-57-51(54)45-42-39-36-33-30-21-18-15-12-9-6-3)59-53(56)47-44-41-38-35-32-28-25-23-20-17-14-11-8-5-2/h8,11,17,20,25,28,50H,4-7,9-10,12-16,18-19,21-24,26-27,29-49H2,1-3H3/b11-8-,20-17-,28-25-. The second-order valence-corrected chi connectivity index (χ2v) is 17.1. The molecule has 0 aliphatic rings. The summed E-state index contributed by atoms with van der Waals surface area (Å²) in [6.07, 6.45) is 55.5. The van der Waals surface area contributed by atoms with Gasteiger partial charge in [0.05, 0.1) is 0 Å². The summed E-state index contributed by atoms with van der Waals surface area (Å²) in [5.41, 5.74) is 0. The predicted molar refractivity (Wildman–Crippen MR) is 252 cm³/mol. The summed E-state index contributed by atoms with van der Waals surface area (Å²) in [5.74, 6) is -0.890. The molecule has 0 spiro atoms. The fraction of sp³-hybridized carbons (Fsp3) is 0.830. The van der Waals surface area contributed by atoms with Gasteiger partial charge in [-0.05, 0) is 51.4 Å². The van der Waals surface area contributed by atoms with Crippen molar-refractivity contribution in [3.63, 3.8) is 0 Å². The van der Waals surface area contributed by atoms with E-state index in [0.29, 0.717) is 19.3 Å². The van der Waals surface area contributed by atoms with Gasteiger partial charge in [0.1, 0.15) is 13.2 Å². The molecule has 1 unspecified atom stereocenters. The molecule has 0 bridgehead atoms. The van der Waals surface area contributed by atoms with Crippen LogP contribution in [0.2, 0.25) is 0 Å². The van der Waals surface area contributed by atoms with Crippen molar-refractivity contribution in [3.8, 4) is 0 Å². The van der Waals surface area contributed by atoms with Crippen LogP contribution in [0.3, 0.4) is 0 Å². The molecule has 0 aromatic rings. The van der Waals surface area contributed by atoms with E-state index in [2.05, 4.69) is 57.2 Å². The molecule has 0 fully saturated rings. The van der Waals surface area contributed by atoms with Gasteiger partial charge < -0.3 is 14.2 Å². The van der Waals surface area contributed by atoms with Gasteiger partial charge in [0.25, 0.3) is 0 Å². The minimum Gasteiger partial charge on any atom is -0.462 e. The first-order chi connectivity index (χ1) is 29.0. The fourth-order valence-electron chi connectivity index (χ4n) is 7.34. The van der Waals surface area contributed by atoms with Gasteiger partial charge in [-0.3, -0.25) is 14.4 Å². The summed E-state index contributed by atoms with van der Waals surface area (Å²) >= 11 is 0. The van der Waals surface area contributed by atoms with Crippen LogP contribution < -0.4 is 0 Å². The third-order valence-electron chi connectivity index (χ3n) is 11.2. The molecule has 6 heteroatoms. The van der Waals surface area contributed by atoms with Crippen LogP contribution in [0.15, 0.2) is 36.5 Å². The molecule has 6 nitrogen and oxygen atoms in total. The first-order valence-electron chi connectivity index (χ1n) is 25.5. The lowest BCUT2D eigenvalue weighted by atomic mass is 10.0. The summed E-state index contributed by atoms with van der Waals surface area (Å²) in [5, 5.41) is 0. The van der Waals surface area contributed by atoms with Crippen molar-refractivity contribution in [2.75, 3.05) is 13.2 Å². The van der Waals surface area contributed by atoms with Gasteiger partial charge in [-0.2, -0.15) is 0 Å². The average molecular weight is 829 g/mol. The lowest BCUT2D eigenvalue weighted by Crippen LogP contribution is -2.30. The Labute approximate surface area is 365 Å². The molecule has 0 aliphatic heterocycles. The Morgan fingerprint density at radius 2 is 0.661 bits per heavy atom. The van der Waals surface area contributed by atoms with Gasteiger partial charge in [0.2, 0.25) is 0 Å². The molecule has 0 aliphatic carbocycles. The van der Waals surface area contributed by atoms with Crippen LogP contribution in [0.25, 0.3) is 0 Å². The maximum atomic E-state index is 12.8. The molecule has 59 heavy (non-hydrogen) atoms. The molecule has 0 saturated heterocycles. The van der Waals surface area contributed by atoms with E-state index in [1.54, 1.807) is 0 Å². The zero-order valence-corrected chi connectivity index (χ0v) is 39.3. The number of allylic oxidation sites excluding steroid dienone is 6. The van der Waals surface area contributed by atoms with Gasteiger partial charge in [0, 0.05) is 19.3 Å². The van der Waals surface area contributed by atoms with E-state index in [4.69, 9.17) is 14.2 Å². The number of carbonyl (C=O) groups excluding carboxylic acids is 3. The first-order valence-corrected chi connectivity index (χ1v) is 25.5. The summed E-state index contributed by atoms with van der Waals surface area (Å²) in [7, 11) is 0. The molecule has 0 aromatic carbocycles. The van der Waals surface area contributed by atoms with Crippen LogP contribution in [-0.2, 0) is 28.6 Å². The van der Waals surface area contributed by atoms with Crippen molar-refractivity contribution < 1.29 is 28.6 Å². The molecule has 0 N–H and O–H groups in total. The summed E-state index contributed by atoms with van der Waals surface area (Å²) in [6, 6.07) is 0. The largest absolute Gasteiger partial charge is 0.462 e. The molecular weight excluding hydrogens is 733 g/mol. The van der Waals surface area contributed by atoms with Crippen LogP contribution >= 0.6 is 0 Å². The number of ether oxygens (including phenoxy) is 3. The van der Waals surface area contributed by atoms with Gasteiger partial charge in [-0.15, -0.1) is 0 Å². The normalized spacial score (nSPS) is 12.3. The highest BCUT2D eigenvalue weighted by molar-refractivity contribution is 5.71. The molecule has 0 heterocycles. The zero-order valence-electron chi connectivity index (χ0n) is 39.3. The van der Waals surface area contributed by atoms with E-state index in [-0.39, 0.29) is 31.1 Å². The molecule has 0 radical (unpaired) electrons. The van der Waals surface area contributed by atoms with Crippen molar-refractivity contribution in [3.05, 3.63) is 36.5 Å². The Morgan fingerprint density at radius 3 is 1.03 bits per heavy atom. The van der Waals surface area contributed by atoms with Gasteiger partial charge in [-0.1, -0.05) is 231 Å². The van der Waals surface area contributed by atoms with Crippen molar-refractivity contribution >= 4 is 17.9 Å². The molecule has 0 aromatic heterocycles. The average Bonchev–Trinajstić information content (AvgIpc) is 3.23. The maximum absolute atomic E-state index is 12.8. The zero-order chi connectivity index (χ0) is 43.0. The van der Waals surface area contributed by atoms with Gasteiger partial charge >= 0.3 is 17.9 Å². The Morgan fingerprint density at radius 1 is 0.356 bits per heavy atom. The van der Waals surface area contributed by atoms with Crippen molar-refractivity contribution in [2.45, 2.75) is 271 Å². The monoisotopic (exact) mass is 829 g/mol. The fourth-order valence-corrected chi connectivity index (χ4v) is 7.34. The van der Waals surface area contributed by atoms with Gasteiger partial charge in [-0.25, -0.2) is 0 Å². The van der Waals surface area contributed by atoms with Crippen molar-refractivity contribution in [2.24, 2.45) is 0 Å². The van der Waals surface area contributed by atoms with Crippen molar-refractivity contribution in [1.29, 1.82) is 0 Å². The Kier molecular flexibility index (Phi) is 46.4. The third-order valence-corrected chi connectivity index (χ3v) is 11.2. The molecule has 1 atom stereocenters. The predicted octanol–water partition coefficient (Wildman–Crippen LogP) is 16.5. The SMILES string of the molecule is CC/C=C\C/C=C\C/C=C\CCCCCCC(=O)OC(COC(=O)CCCCCCCCCCCCC)COC(=O)CCCCCCCCCCCCCCCCCC. The minimum atomic E-state index is -0.777. The van der Waals surface area contributed by atoms with E-state index >= 15 is 0 Å². The van der Waals surface area contributed by atoms with E-state index in [9.17, 15) is 14.4 Å². The van der Waals surface area contributed by atoms with Crippen molar-refractivity contribution in [1.82, 2.24) is 0 Å². The van der Waals surface area contributed by atoms with Crippen LogP contribution in [0.5, 0.6) is 0 Å². The Bertz CT molecular complexity index is 1000. The van der Waals surface area contributed by atoms with Gasteiger partial charge in [0.15, 0.2) is 6.10 Å². The van der Waals surface area contributed by atoms with E-state index in [0.717, 1.165) is 89.9 Å². The third kappa shape index (κ3) is 46.5. The highest BCUT2D eigenvalue weighted by atomic mass is 16.6. The first kappa shape index (κ1) is 56.6. The molecular formula is C53H96O6. The number of rotatable bonds is 46. The topological polar surface area (TPSA) is 78.9 Å². The summed E-state index contributed by atoms with van der Waals surface area (Å²) in [4.78, 5) is 37.9. The Hall–Kier alpha value is -2.37. The number of esters is 3. The molecule has 0 amide bonds. The smallest absolute Gasteiger partial charge is 0.306 e. The second-order valence-electron chi connectivity index (χ2n) is 17.1. The van der Waals surface area contributed by atoms with E-state index in [1.807, 2.05) is 0 Å². The lowest BCUT2D eigenvalue weighted by molar-refractivity contribution is -0.167. The van der Waals surface area contributed by atoms with Crippen LogP contribution in [0.1, 0.15) is 265 Å². The summed E-state index contributed by atoms with van der Waals surface area (Å²) < 4.78 is 16.8. The Balaban J connectivity index is 4.35. The van der Waals surface area contributed by atoms with E-state index in [1.165, 1.54) is 135 Å². The molecule has 344 valence electrons. The lowest BCUT2D eigenvalue weighted by Gasteiger charge is -2.18. The van der Waals surface area contributed by atoms with Crippen LogP contribution in [0, 0.1) is 0 Å². The quantitative estimate of drug-likeness (QED) is 0.0263. The number of hydrogen-bond acceptors (Lipinski definition) is 6. The number of carbonyl (C=O) groups is 3. The highest BCUT2D eigenvalue weighted by Crippen LogP contribution is 2.16. The summed E-state index contributed by atoms with van der Waals surface area (Å²) in [6.45, 7) is 6.52. The van der Waals surface area contributed by atoms with E-state index < -0.39 is 6.10 Å². The minimum absolute atomic E-state index is 0.0773. The maximum Gasteiger partial charge on any atom is 0.306 e.